The average molecular weight is 411 g/mol. The molecule has 1 aromatic heterocycles. The summed E-state index contributed by atoms with van der Waals surface area (Å²) in [5.74, 6) is 1.06. The highest BCUT2D eigenvalue weighted by Gasteiger charge is 2.20. The number of nitrogens with zero attached hydrogens (tertiary/aromatic N) is 3. The van der Waals surface area contributed by atoms with E-state index in [4.69, 9.17) is 14.2 Å². The monoisotopic (exact) mass is 411 g/mol. The first kappa shape index (κ1) is 20.8. The Balaban J connectivity index is 2.18. The molecule has 3 rings (SSSR count). The molecule has 2 aromatic carbocycles. The van der Waals surface area contributed by atoms with E-state index in [0.29, 0.717) is 45.3 Å². The lowest BCUT2D eigenvalue weighted by molar-refractivity contribution is -0.385. The predicted octanol–water partition coefficient (Wildman–Crippen LogP) is 4.12. The highest BCUT2D eigenvalue weighted by atomic mass is 16.6. The molecule has 0 aliphatic rings. The van der Waals surface area contributed by atoms with Crippen LogP contribution in [0.4, 0.5) is 5.69 Å². The summed E-state index contributed by atoms with van der Waals surface area (Å²) in [7, 11) is 4.54. The van der Waals surface area contributed by atoms with E-state index in [9.17, 15) is 14.9 Å². The Morgan fingerprint density at radius 1 is 1.00 bits per heavy atom. The van der Waals surface area contributed by atoms with Gasteiger partial charge in [-0.1, -0.05) is 0 Å². The van der Waals surface area contributed by atoms with Crippen molar-refractivity contribution in [3.05, 3.63) is 52.1 Å². The molecule has 0 saturated heterocycles. The molecule has 0 fully saturated rings. The zero-order valence-corrected chi connectivity index (χ0v) is 17.3. The van der Waals surface area contributed by atoms with Crippen LogP contribution in [0.15, 0.2) is 36.4 Å². The maximum absolute atomic E-state index is 12.2. The van der Waals surface area contributed by atoms with Gasteiger partial charge in [0.25, 0.3) is 5.69 Å². The minimum atomic E-state index is -0.442. The molecule has 30 heavy (non-hydrogen) atoms. The van der Waals surface area contributed by atoms with E-state index in [1.54, 1.807) is 37.3 Å². The maximum Gasteiger partial charge on any atom is 0.272 e. The first-order valence-corrected chi connectivity index (χ1v) is 8.97. The van der Waals surface area contributed by atoms with Crippen LogP contribution in [0.1, 0.15) is 17.3 Å². The zero-order chi connectivity index (χ0) is 22.0. The van der Waals surface area contributed by atoms with Crippen LogP contribution >= 0.6 is 0 Å². The van der Waals surface area contributed by atoms with Gasteiger partial charge in [-0.15, -0.1) is 0 Å². The van der Waals surface area contributed by atoms with Gasteiger partial charge in [-0.25, -0.2) is 0 Å². The van der Waals surface area contributed by atoms with E-state index in [0.717, 1.165) is 0 Å². The fraction of sp³-hybridized carbons (Fsp3) is 0.238. The average Bonchev–Trinajstić information content (AvgIpc) is 3.18. The number of aromatic nitrogens is 2. The Morgan fingerprint density at radius 3 is 2.10 bits per heavy atom. The third-order valence-electron chi connectivity index (χ3n) is 4.66. The largest absolute Gasteiger partial charge is 0.493 e. The van der Waals surface area contributed by atoms with Crippen LogP contribution in [-0.2, 0) is 0 Å². The van der Waals surface area contributed by atoms with Crippen molar-refractivity contribution < 1.29 is 23.9 Å². The second-order valence-corrected chi connectivity index (χ2v) is 6.52. The third-order valence-corrected chi connectivity index (χ3v) is 4.66. The molecular weight excluding hydrogens is 390 g/mol. The number of carbonyl (C=O) groups is 1. The fourth-order valence-corrected chi connectivity index (χ4v) is 3.22. The molecule has 0 N–H and O–H groups in total. The SMILES string of the molecule is COc1cc(-c2cc(-c3ccc([N+](=O)[O-])c(C)c3)n(C(C)=O)n2)cc(OC)c1OC. The lowest BCUT2D eigenvalue weighted by atomic mass is 10.1. The Hall–Kier alpha value is -3.88. The van der Waals surface area contributed by atoms with Crippen LogP contribution in [0.5, 0.6) is 17.2 Å². The second-order valence-electron chi connectivity index (χ2n) is 6.52. The van der Waals surface area contributed by atoms with E-state index in [1.807, 2.05) is 0 Å². The summed E-state index contributed by atoms with van der Waals surface area (Å²) in [6.45, 7) is 3.05. The first-order valence-electron chi connectivity index (χ1n) is 8.97. The highest BCUT2D eigenvalue weighted by molar-refractivity contribution is 5.84. The number of methoxy groups -OCH3 is 3. The quantitative estimate of drug-likeness (QED) is 0.444. The lowest BCUT2D eigenvalue weighted by Gasteiger charge is -2.13. The summed E-state index contributed by atoms with van der Waals surface area (Å²) in [4.78, 5) is 22.9. The van der Waals surface area contributed by atoms with Gasteiger partial charge in [-0.3, -0.25) is 14.9 Å². The van der Waals surface area contributed by atoms with E-state index in [1.165, 1.54) is 39.0 Å². The Labute approximate surface area is 172 Å². The number of hydrogen-bond donors (Lipinski definition) is 0. The molecule has 3 aromatic rings. The van der Waals surface area contributed by atoms with E-state index in [-0.39, 0.29) is 11.6 Å². The number of hydrogen-bond acceptors (Lipinski definition) is 7. The van der Waals surface area contributed by atoms with Gasteiger partial charge < -0.3 is 14.2 Å². The van der Waals surface area contributed by atoms with Gasteiger partial charge >= 0.3 is 0 Å². The minimum Gasteiger partial charge on any atom is -0.493 e. The summed E-state index contributed by atoms with van der Waals surface area (Å²) in [6, 6.07) is 9.89. The molecule has 0 radical (unpaired) electrons. The summed E-state index contributed by atoms with van der Waals surface area (Å²) in [5.41, 5.74) is 2.82. The van der Waals surface area contributed by atoms with Gasteiger partial charge in [0, 0.05) is 29.7 Å². The Morgan fingerprint density at radius 2 is 1.63 bits per heavy atom. The molecule has 0 unspecified atom stereocenters. The fourth-order valence-electron chi connectivity index (χ4n) is 3.22. The van der Waals surface area contributed by atoms with Gasteiger partial charge in [0.2, 0.25) is 11.7 Å². The van der Waals surface area contributed by atoms with Crippen molar-refractivity contribution in [3.63, 3.8) is 0 Å². The van der Waals surface area contributed by atoms with Crippen molar-refractivity contribution in [3.8, 4) is 39.8 Å². The summed E-state index contributed by atoms with van der Waals surface area (Å²) < 4.78 is 17.4. The molecule has 156 valence electrons. The molecule has 0 aliphatic heterocycles. The molecule has 0 spiro atoms. The maximum atomic E-state index is 12.2. The van der Waals surface area contributed by atoms with Crippen molar-refractivity contribution in [1.29, 1.82) is 0 Å². The Bertz CT molecular complexity index is 1110. The molecule has 0 amide bonds. The molecular formula is C21H21N3O6. The molecule has 0 saturated carbocycles. The predicted molar refractivity (Wildman–Crippen MR) is 110 cm³/mol. The molecule has 0 bridgehead atoms. The van der Waals surface area contributed by atoms with Crippen molar-refractivity contribution in [2.75, 3.05) is 21.3 Å². The third kappa shape index (κ3) is 3.69. The molecule has 9 nitrogen and oxygen atoms in total. The van der Waals surface area contributed by atoms with Crippen LogP contribution in [0, 0.1) is 17.0 Å². The molecule has 9 heteroatoms. The van der Waals surface area contributed by atoms with Crippen molar-refractivity contribution in [1.82, 2.24) is 9.78 Å². The second kappa shape index (κ2) is 8.24. The number of aryl methyl sites for hydroxylation is 1. The van der Waals surface area contributed by atoms with Crippen molar-refractivity contribution >= 4 is 11.6 Å². The van der Waals surface area contributed by atoms with Gasteiger partial charge in [-0.05, 0) is 37.3 Å². The number of nitro groups is 1. The smallest absolute Gasteiger partial charge is 0.272 e. The standard InChI is InChI=1S/C21H21N3O6/c1-12-8-14(6-7-17(12)24(26)27)18-11-16(22-23(18)13(2)25)15-9-19(28-3)21(30-5)20(10-15)29-4/h6-11H,1-5H3. The summed E-state index contributed by atoms with van der Waals surface area (Å²) in [5, 5.41) is 15.5. The van der Waals surface area contributed by atoms with Crippen molar-refractivity contribution in [2.24, 2.45) is 0 Å². The number of carbonyl (C=O) groups excluding carboxylic acids is 1. The van der Waals surface area contributed by atoms with Crippen LogP contribution in [0.3, 0.4) is 0 Å². The van der Waals surface area contributed by atoms with Gasteiger partial charge in [0.1, 0.15) is 0 Å². The number of nitro benzene ring substituents is 1. The summed E-state index contributed by atoms with van der Waals surface area (Å²) in [6.07, 6.45) is 0. The normalized spacial score (nSPS) is 10.6. The topological polar surface area (TPSA) is 106 Å². The van der Waals surface area contributed by atoms with Crippen LogP contribution in [0.25, 0.3) is 22.5 Å². The van der Waals surface area contributed by atoms with Gasteiger partial charge in [0.05, 0.1) is 37.6 Å². The highest BCUT2D eigenvalue weighted by Crippen LogP contribution is 2.41. The van der Waals surface area contributed by atoms with Gasteiger partial charge in [-0.2, -0.15) is 9.78 Å². The van der Waals surface area contributed by atoms with E-state index >= 15 is 0 Å². The summed E-state index contributed by atoms with van der Waals surface area (Å²) >= 11 is 0. The lowest BCUT2D eigenvalue weighted by Crippen LogP contribution is -2.09. The van der Waals surface area contributed by atoms with Crippen molar-refractivity contribution in [2.45, 2.75) is 13.8 Å². The number of rotatable bonds is 6. The van der Waals surface area contributed by atoms with Crippen LogP contribution in [0.2, 0.25) is 0 Å². The molecule has 0 atom stereocenters. The van der Waals surface area contributed by atoms with E-state index in [2.05, 4.69) is 5.10 Å². The molecule has 1 heterocycles. The van der Waals surface area contributed by atoms with Gasteiger partial charge in [0.15, 0.2) is 11.5 Å². The number of benzene rings is 2. The minimum absolute atomic E-state index is 0.0116. The van der Waals surface area contributed by atoms with Crippen LogP contribution in [-0.4, -0.2) is 41.9 Å². The number of ether oxygens (including phenoxy) is 3. The van der Waals surface area contributed by atoms with Crippen LogP contribution < -0.4 is 14.2 Å². The zero-order valence-electron chi connectivity index (χ0n) is 17.3. The first-order chi connectivity index (χ1) is 14.3. The van der Waals surface area contributed by atoms with E-state index < -0.39 is 4.92 Å². The Kier molecular flexibility index (Phi) is 5.72. The molecule has 0 aliphatic carbocycles.